The Hall–Kier alpha value is -4.48. The highest BCUT2D eigenvalue weighted by molar-refractivity contribution is 7.19. The lowest BCUT2D eigenvalue weighted by Crippen LogP contribution is -2.35. The molecule has 36 heavy (non-hydrogen) atoms. The Morgan fingerprint density at radius 1 is 0.722 bits per heavy atom. The molecule has 0 radical (unpaired) electrons. The third-order valence-electron chi connectivity index (χ3n) is 7.11. The first-order valence-corrected chi connectivity index (χ1v) is 12.9. The summed E-state index contributed by atoms with van der Waals surface area (Å²) in [7, 11) is 0. The van der Waals surface area contributed by atoms with Gasteiger partial charge in [0.05, 0.1) is 21.6 Å². The van der Waals surface area contributed by atoms with E-state index in [1.807, 2.05) is 23.6 Å². The Labute approximate surface area is 211 Å². The number of benzene rings is 4. The number of rotatable bonds is 2. The van der Waals surface area contributed by atoms with Gasteiger partial charge in [0.15, 0.2) is 0 Å². The van der Waals surface area contributed by atoms with E-state index in [-0.39, 0.29) is 6.17 Å². The lowest BCUT2D eigenvalue weighted by Gasteiger charge is -2.28. The number of aliphatic imine (C=N–C) groups is 1. The Bertz CT molecular complexity index is 1980. The van der Waals surface area contributed by atoms with Gasteiger partial charge in [-0.15, -0.1) is 11.3 Å². The highest BCUT2D eigenvalue weighted by Gasteiger charge is 2.30. The molecule has 0 saturated heterocycles. The smallest absolute Gasteiger partial charge is 0.143 e. The minimum atomic E-state index is -0.103. The summed E-state index contributed by atoms with van der Waals surface area (Å²) < 4.78 is 3.70. The van der Waals surface area contributed by atoms with E-state index in [9.17, 15) is 0 Å². The zero-order chi connectivity index (χ0) is 23.6. The van der Waals surface area contributed by atoms with E-state index in [4.69, 9.17) is 4.99 Å². The van der Waals surface area contributed by atoms with Crippen LogP contribution in [-0.2, 0) is 0 Å². The van der Waals surface area contributed by atoms with Crippen LogP contribution in [0.2, 0.25) is 0 Å². The van der Waals surface area contributed by atoms with Crippen molar-refractivity contribution in [2.45, 2.75) is 6.17 Å². The number of nitrogens with zero attached hydrogens (tertiary/aromatic N) is 3. The second-order valence-electron chi connectivity index (χ2n) is 9.16. The first-order valence-electron chi connectivity index (χ1n) is 12.0. The second kappa shape index (κ2) is 7.51. The van der Waals surface area contributed by atoms with Crippen LogP contribution in [0.1, 0.15) is 16.6 Å². The van der Waals surface area contributed by atoms with E-state index in [1.165, 1.54) is 47.5 Å². The molecule has 1 aliphatic heterocycles. The quantitative estimate of drug-likeness (QED) is 0.274. The third-order valence-corrected chi connectivity index (χ3v) is 8.32. The van der Waals surface area contributed by atoms with Crippen LogP contribution in [0.4, 0.5) is 5.69 Å². The van der Waals surface area contributed by atoms with Crippen molar-refractivity contribution in [1.29, 1.82) is 0 Å². The molecule has 4 nitrogen and oxygen atoms in total. The average Bonchev–Trinajstić information content (AvgIpc) is 3.47. The first kappa shape index (κ1) is 19.8. The summed E-state index contributed by atoms with van der Waals surface area (Å²) in [5, 5.41) is 10.0. The van der Waals surface area contributed by atoms with Crippen molar-refractivity contribution in [3.8, 4) is 0 Å². The third kappa shape index (κ3) is 2.81. The highest BCUT2D eigenvalue weighted by Crippen LogP contribution is 2.46. The zero-order valence-electron chi connectivity index (χ0n) is 19.2. The van der Waals surface area contributed by atoms with Crippen LogP contribution in [-0.4, -0.2) is 15.4 Å². The number of nitrogens with one attached hydrogen (secondary N) is 1. The molecule has 8 rings (SSSR count). The summed E-state index contributed by atoms with van der Waals surface area (Å²) in [6.45, 7) is 0. The molecular weight excluding hydrogens is 460 g/mol. The molecule has 1 N–H and O–H groups in total. The molecule has 4 heterocycles. The average molecular weight is 481 g/mol. The van der Waals surface area contributed by atoms with Crippen molar-refractivity contribution < 1.29 is 0 Å². The fourth-order valence-electron chi connectivity index (χ4n) is 5.49. The van der Waals surface area contributed by atoms with E-state index < -0.39 is 0 Å². The Balaban J connectivity index is 1.47. The van der Waals surface area contributed by atoms with E-state index in [2.05, 4.69) is 106 Å². The standard InChI is InChI=1S/C31H20N4S/c1-2-9-20-17-26-24(16-19(20)8-1)22-11-3-5-13-25(22)35(26)31-29-28(23-12-4-6-14-27(23)36-29)33-30(34-31)21-10-7-15-32-18-21/h1-18,31H,(H,33,34). The predicted molar refractivity (Wildman–Crippen MR) is 150 cm³/mol. The normalized spacial score (nSPS) is 15.3. The summed E-state index contributed by atoms with van der Waals surface area (Å²) in [6, 6.07) is 34.6. The Morgan fingerprint density at radius 2 is 1.50 bits per heavy atom. The minimum absolute atomic E-state index is 0.103. The van der Waals surface area contributed by atoms with Crippen molar-refractivity contribution >= 4 is 65.5 Å². The van der Waals surface area contributed by atoms with Crippen LogP contribution >= 0.6 is 11.3 Å². The molecule has 7 aromatic rings. The highest BCUT2D eigenvalue weighted by atomic mass is 32.1. The van der Waals surface area contributed by atoms with Crippen molar-refractivity contribution in [2.75, 3.05) is 0 Å². The van der Waals surface area contributed by atoms with Crippen molar-refractivity contribution in [3.63, 3.8) is 0 Å². The molecule has 0 bridgehead atoms. The number of para-hydroxylation sites is 1. The minimum Gasteiger partial charge on any atom is -0.345 e. The molecule has 0 aliphatic carbocycles. The first-order chi connectivity index (χ1) is 17.8. The number of pyridine rings is 1. The monoisotopic (exact) mass is 480 g/mol. The Kier molecular flexibility index (Phi) is 4.13. The maximum atomic E-state index is 5.14. The van der Waals surface area contributed by atoms with E-state index in [1.54, 1.807) is 6.20 Å². The molecule has 0 saturated carbocycles. The van der Waals surface area contributed by atoms with Gasteiger partial charge in [0.25, 0.3) is 0 Å². The van der Waals surface area contributed by atoms with Crippen molar-refractivity contribution in [1.82, 2.24) is 14.9 Å². The lowest BCUT2D eigenvalue weighted by atomic mass is 10.1. The fourth-order valence-corrected chi connectivity index (χ4v) is 6.67. The van der Waals surface area contributed by atoms with Gasteiger partial charge in [-0.3, -0.25) is 4.98 Å². The molecule has 0 amide bonds. The maximum absolute atomic E-state index is 5.14. The molecule has 170 valence electrons. The van der Waals surface area contributed by atoms with Crippen LogP contribution in [0.5, 0.6) is 0 Å². The maximum Gasteiger partial charge on any atom is 0.143 e. The van der Waals surface area contributed by atoms with Crippen LogP contribution in [0.3, 0.4) is 0 Å². The molecule has 3 aromatic heterocycles. The van der Waals surface area contributed by atoms with Gasteiger partial charge in [-0.2, -0.15) is 0 Å². The summed E-state index contributed by atoms with van der Waals surface area (Å²) in [6.07, 6.45) is 3.57. The summed E-state index contributed by atoms with van der Waals surface area (Å²) >= 11 is 1.82. The van der Waals surface area contributed by atoms with E-state index in [0.29, 0.717) is 0 Å². The summed E-state index contributed by atoms with van der Waals surface area (Å²) in [4.78, 5) is 10.7. The Morgan fingerprint density at radius 3 is 2.36 bits per heavy atom. The summed E-state index contributed by atoms with van der Waals surface area (Å²) in [5.74, 6) is 0.843. The SMILES string of the molecule is c1cncc(C2=Nc3c(sc4ccccc34)C(n3c4ccccc4c4cc5ccccc5cc43)N2)c1. The molecule has 1 aliphatic rings. The largest absolute Gasteiger partial charge is 0.345 e. The number of fused-ring (bicyclic) bond motifs is 7. The van der Waals surface area contributed by atoms with E-state index >= 15 is 0 Å². The lowest BCUT2D eigenvalue weighted by molar-refractivity contribution is 0.589. The fraction of sp³-hybridized carbons (Fsp3) is 0.0323. The molecule has 0 fully saturated rings. The van der Waals surface area contributed by atoms with Crippen molar-refractivity contribution in [2.24, 2.45) is 4.99 Å². The number of thiophene rings is 1. The molecule has 1 unspecified atom stereocenters. The second-order valence-corrected chi connectivity index (χ2v) is 10.2. The van der Waals surface area contributed by atoms with Crippen molar-refractivity contribution in [3.05, 3.63) is 120 Å². The van der Waals surface area contributed by atoms with Crippen LogP contribution in [0, 0.1) is 0 Å². The van der Waals surface area contributed by atoms with Gasteiger partial charge in [-0.05, 0) is 47.2 Å². The number of hydrogen-bond acceptors (Lipinski definition) is 4. The van der Waals surface area contributed by atoms with E-state index in [0.717, 1.165) is 17.1 Å². The number of hydrogen-bond donors (Lipinski definition) is 1. The van der Waals surface area contributed by atoms with Gasteiger partial charge in [-0.25, -0.2) is 4.99 Å². The van der Waals surface area contributed by atoms with Crippen LogP contribution in [0.25, 0.3) is 42.7 Å². The molecular formula is C31H20N4S. The molecule has 4 aromatic carbocycles. The summed E-state index contributed by atoms with van der Waals surface area (Å²) in [5.41, 5.74) is 4.44. The van der Waals surface area contributed by atoms with Gasteiger partial charge in [-0.1, -0.05) is 60.7 Å². The number of amidine groups is 1. The van der Waals surface area contributed by atoms with Gasteiger partial charge in [0.1, 0.15) is 12.0 Å². The zero-order valence-corrected chi connectivity index (χ0v) is 20.0. The van der Waals surface area contributed by atoms with Crippen LogP contribution < -0.4 is 5.32 Å². The van der Waals surface area contributed by atoms with Gasteiger partial charge in [0, 0.05) is 38.8 Å². The van der Waals surface area contributed by atoms with Gasteiger partial charge in [0.2, 0.25) is 0 Å². The molecule has 1 atom stereocenters. The van der Waals surface area contributed by atoms with Gasteiger partial charge >= 0.3 is 0 Å². The number of aromatic nitrogens is 2. The van der Waals surface area contributed by atoms with Gasteiger partial charge < -0.3 is 9.88 Å². The predicted octanol–water partition coefficient (Wildman–Crippen LogP) is 7.79. The van der Waals surface area contributed by atoms with Crippen LogP contribution in [0.15, 0.2) is 114 Å². The molecule has 5 heteroatoms. The molecule has 0 spiro atoms. The topological polar surface area (TPSA) is 42.2 Å².